The number of nitrogens with zero attached hydrogens (tertiary/aromatic N) is 1. The van der Waals surface area contributed by atoms with Crippen molar-refractivity contribution >= 4 is 12.1 Å². The van der Waals surface area contributed by atoms with Crippen molar-refractivity contribution in [2.75, 3.05) is 0 Å². The third kappa shape index (κ3) is 5.62. The monoisotopic (exact) mass is 447 g/mol. The number of carboxylic acid groups (broad SMARTS) is 1. The molecule has 1 aliphatic rings. The molecular weight excluding hydrogens is 420 g/mol. The first-order valence-corrected chi connectivity index (χ1v) is 10.4. The Balaban J connectivity index is 1.93. The molecule has 0 aromatic heterocycles. The van der Waals surface area contributed by atoms with Crippen LogP contribution < -0.4 is 0 Å². The van der Waals surface area contributed by atoms with Gasteiger partial charge in [0.05, 0.1) is 18.1 Å². The summed E-state index contributed by atoms with van der Waals surface area (Å²) in [7, 11) is 0. The van der Waals surface area contributed by atoms with Gasteiger partial charge < -0.3 is 14.9 Å². The molecule has 0 saturated carbocycles. The van der Waals surface area contributed by atoms with Gasteiger partial charge in [0.2, 0.25) is 0 Å². The van der Waals surface area contributed by atoms with Crippen molar-refractivity contribution in [3.63, 3.8) is 0 Å². The number of aliphatic hydroxyl groups excluding tert-OH is 1. The number of hydrogen-bond donors (Lipinski definition) is 2. The maximum atomic E-state index is 13.6. The van der Waals surface area contributed by atoms with Crippen LogP contribution >= 0.6 is 0 Å². The van der Waals surface area contributed by atoms with E-state index in [-0.39, 0.29) is 24.9 Å². The van der Waals surface area contributed by atoms with Crippen molar-refractivity contribution in [1.82, 2.24) is 4.90 Å². The molecular formula is C24H27F2NO5. The molecule has 0 radical (unpaired) electrons. The van der Waals surface area contributed by atoms with E-state index in [1.54, 1.807) is 20.8 Å². The molecule has 2 N–H and O–H groups in total. The van der Waals surface area contributed by atoms with Crippen LogP contribution in [0.1, 0.15) is 37.5 Å². The Labute approximate surface area is 185 Å². The van der Waals surface area contributed by atoms with Gasteiger partial charge in [-0.05, 0) is 62.4 Å². The molecule has 6 nitrogen and oxygen atoms in total. The smallest absolute Gasteiger partial charge is 0.410 e. The molecule has 2 aromatic carbocycles. The molecule has 32 heavy (non-hydrogen) atoms. The third-order valence-electron chi connectivity index (χ3n) is 5.42. The van der Waals surface area contributed by atoms with Gasteiger partial charge in [-0.1, -0.05) is 24.3 Å². The van der Waals surface area contributed by atoms with Crippen molar-refractivity contribution in [2.45, 2.75) is 57.9 Å². The summed E-state index contributed by atoms with van der Waals surface area (Å²) >= 11 is 0. The molecule has 3 rings (SSSR count). The number of amides is 1. The normalized spacial score (nSPS) is 17.9. The average Bonchev–Trinajstić information content (AvgIpc) is 2.68. The first-order chi connectivity index (χ1) is 14.9. The molecule has 0 bridgehead atoms. The van der Waals surface area contributed by atoms with Crippen LogP contribution in [0.3, 0.4) is 0 Å². The lowest BCUT2D eigenvalue weighted by Crippen LogP contribution is -2.55. The van der Waals surface area contributed by atoms with Gasteiger partial charge in [-0.15, -0.1) is 0 Å². The fourth-order valence-electron chi connectivity index (χ4n) is 3.98. The largest absolute Gasteiger partial charge is 0.481 e. The quantitative estimate of drug-likeness (QED) is 0.725. The van der Waals surface area contributed by atoms with Crippen molar-refractivity contribution in [3.05, 3.63) is 70.8 Å². The van der Waals surface area contributed by atoms with Crippen molar-refractivity contribution in [2.24, 2.45) is 5.92 Å². The van der Waals surface area contributed by atoms with E-state index >= 15 is 0 Å². The predicted molar refractivity (Wildman–Crippen MR) is 113 cm³/mol. The van der Waals surface area contributed by atoms with Crippen molar-refractivity contribution in [1.29, 1.82) is 0 Å². The number of carbonyl (C=O) groups is 2. The number of fused-ring (bicyclic) bond motifs is 1. The lowest BCUT2D eigenvalue weighted by atomic mass is 9.83. The van der Waals surface area contributed by atoms with Crippen LogP contribution in [0.25, 0.3) is 0 Å². The lowest BCUT2D eigenvalue weighted by molar-refractivity contribution is -0.148. The van der Waals surface area contributed by atoms with Gasteiger partial charge >= 0.3 is 12.1 Å². The highest BCUT2D eigenvalue weighted by Gasteiger charge is 2.42. The lowest BCUT2D eigenvalue weighted by Gasteiger charge is -2.41. The van der Waals surface area contributed by atoms with Crippen molar-refractivity contribution in [3.8, 4) is 0 Å². The van der Waals surface area contributed by atoms with Crippen LogP contribution in [-0.4, -0.2) is 44.9 Å². The number of rotatable bonds is 5. The summed E-state index contributed by atoms with van der Waals surface area (Å²) in [4.78, 5) is 26.3. The van der Waals surface area contributed by atoms with Gasteiger partial charge in [0.25, 0.3) is 0 Å². The molecule has 0 fully saturated rings. The standard InChI is InChI=1S/C24H27F2NO5/c1-24(2,3)32-23(31)27-13-16-7-5-4-6-15(16)11-20(27)21(28)19(22(29)30)10-14-8-17(25)12-18(26)9-14/h4-9,12,19-21,28H,10-11,13H2,1-3H3,(H,29,30)/t19-,20-,21-/m0/s1. The Kier molecular flexibility index (Phi) is 6.83. The summed E-state index contributed by atoms with van der Waals surface area (Å²) in [6.45, 7) is 5.29. The van der Waals surface area contributed by atoms with E-state index in [0.717, 1.165) is 23.3 Å². The molecule has 0 saturated heterocycles. The summed E-state index contributed by atoms with van der Waals surface area (Å²) in [5.41, 5.74) is 1.08. The minimum Gasteiger partial charge on any atom is -0.481 e. The van der Waals surface area contributed by atoms with Crippen LogP contribution in [0, 0.1) is 17.6 Å². The number of hydrogen-bond acceptors (Lipinski definition) is 4. The van der Waals surface area contributed by atoms with E-state index in [4.69, 9.17) is 4.74 Å². The first-order valence-electron chi connectivity index (χ1n) is 10.4. The Bertz CT molecular complexity index is 984. The van der Waals surface area contributed by atoms with Crippen LogP contribution in [0.15, 0.2) is 42.5 Å². The van der Waals surface area contributed by atoms with Crippen LogP contribution in [0.2, 0.25) is 0 Å². The number of halogens is 2. The second-order valence-electron chi connectivity index (χ2n) is 9.07. The Morgan fingerprint density at radius 1 is 1.12 bits per heavy atom. The number of carboxylic acids is 1. The first kappa shape index (κ1) is 23.7. The summed E-state index contributed by atoms with van der Waals surface area (Å²) in [5, 5.41) is 20.9. The van der Waals surface area contributed by atoms with E-state index in [2.05, 4.69) is 0 Å². The topological polar surface area (TPSA) is 87.1 Å². The summed E-state index contributed by atoms with van der Waals surface area (Å²) in [6, 6.07) is 9.26. The molecule has 0 spiro atoms. The van der Waals surface area contributed by atoms with Crippen LogP contribution in [0.5, 0.6) is 0 Å². The van der Waals surface area contributed by atoms with E-state index in [0.29, 0.717) is 6.07 Å². The van der Waals surface area contributed by atoms with E-state index in [9.17, 15) is 28.6 Å². The minimum atomic E-state index is -1.50. The Morgan fingerprint density at radius 3 is 2.28 bits per heavy atom. The zero-order chi connectivity index (χ0) is 23.6. The zero-order valence-electron chi connectivity index (χ0n) is 18.2. The van der Waals surface area contributed by atoms with Crippen LogP contribution in [0.4, 0.5) is 13.6 Å². The zero-order valence-corrected chi connectivity index (χ0v) is 18.2. The number of aliphatic hydroxyl groups is 1. The number of benzene rings is 2. The van der Waals surface area contributed by atoms with Gasteiger partial charge in [0.1, 0.15) is 17.2 Å². The van der Waals surface area contributed by atoms with E-state index in [1.165, 1.54) is 4.90 Å². The van der Waals surface area contributed by atoms with Gasteiger partial charge in [-0.3, -0.25) is 9.69 Å². The molecule has 2 aromatic rings. The molecule has 0 aliphatic carbocycles. The number of carbonyl (C=O) groups excluding carboxylic acids is 1. The third-order valence-corrected chi connectivity index (χ3v) is 5.42. The highest BCUT2D eigenvalue weighted by Crippen LogP contribution is 2.30. The summed E-state index contributed by atoms with van der Waals surface area (Å²) in [6.07, 6.45) is -2.25. The predicted octanol–water partition coefficient (Wildman–Crippen LogP) is 3.93. The Morgan fingerprint density at radius 2 is 1.72 bits per heavy atom. The summed E-state index contributed by atoms with van der Waals surface area (Å²) in [5.74, 6) is -4.39. The molecule has 1 heterocycles. The molecule has 1 amide bonds. The fourth-order valence-corrected chi connectivity index (χ4v) is 3.98. The van der Waals surface area contributed by atoms with Gasteiger partial charge in [0.15, 0.2) is 0 Å². The Hall–Kier alpha value is -3.00. The maximum absolute atomic E-state index is 13.6. The second kappa shape index (κ2) is 9.24. The molecule has 172 valence electrons. The fraction of sp³-hybridized carbons (Fsp3) is 0.417. The highest BCUT2D eigenvalue weighted by atomic mass is 19.1. The number of ether oxygens (including phenoxy) is 1. The molecule has 0 unspecified atom stereocenters. The number of aliphatic carboxylic acids is 1. The molecule has 1 aliphatic heterocycles. The maximum Gasteiger partial charge on any atom is 0.410 e. The van der Waals surface area contributed by atoms with Gasteiger partial charge in [-0.25, -0.2) is 13.6 Å². The van der Waals surface area contributed by atoms with Crippen molar-refractivity contribution < 1.29 is 33.3 Å². The van der Waals surface area contributed by atoms with Gasteiger partial charge in [-0.2, -0.15) is 0 Å². The highest BCUT2D eigenvalue weighted by molar-refractivity contribution is 5.72. The second-order valence-corrected chi connectivity index (χ2v) is 9.07. The van der Waals surface area contributed by atoms with E-state index in [1.807, 2.05) is 24.3 Å². The van der Waals surface area contributed by atoms with Gasteiger partial charge in [0, 0.05) is 12.6 Å². The average molecular weight is 447 g/mol. The SMILES string of the molecule is CC(C)(C)OC(=O)N1Cc2ccccc2C[C@H]1[C@@H](O)[C@H](Cc1cc(F)cc(F)c1)C(=O)O. The van der Waals surface area contributed by atoms with Crippen LogP contribution in [-0.2, 0) is 28.9 Å². The minimum absolute atomic E-state index is 0.106. The molecule has 8 heteroatoms. The molecule has 3 atom stereocenters. The summed E-state index contributed by atoms with van der Waals surface area (Å²) < 4.78 is 32.7. The van der Waals surface area contributed by atoms with E-state index < -0.39 is 47.4 Å².